The van der Waals surface area contributed by atoms with Gasteiger partial charge in [0.15, 0.2) is 0 Å². The third kappa shape index (κ3) is 5.75. The maximum absolute atomic E-state index is 12.6. The summed E-state index contributed by atoms with van der Waals surface area (Å²) in [7, 11) is 0. The van der Waals surface area contributed by atoms with Gasteiger partial charge in [-0.2, -0.15) is 0 Å². The molecule has 1 N–H and O–H groups in total. The second-order valence-corrected chi connectivity index (χ2v) is 3.93. The Kier molecular flexibility index (Phi) is 6.37. The topological polar surface area (TPSA) is 12.0 Å². The largest absolute Gasteiger partial charge is 0.313 e. The quantitative estimate of drug-likeness (QED) is 0.559. The number of alkyl halides is 1. The van der Waals surface area contributed by atoms with E-state index in [4.69, 9.17) is 11.6 Å². The van der Waals surface area contributed by atoms with Crippen molar-refractivity contribution in [1.29, 1.82) is 0 Å². The van der Waals surface area contributed by atoms with Crippen molar-refractivity contribution in [2.75, 3.05) is 12.4 Å². The molecular weight excluding hydrogens is 213 g/mol. The van der Waals surface area contributed by atoms with Gasteiger partial charge >= 0.3 is 0 Å². The highest BCUT2D eigenvalue weighted by Gasteiger charge is 1.93. The summed E-state index contributed by atoms with van der Waals surface area (Å²) < 4.78 is 12.6. The van der Waals surface area contributed by atoms with Crippen LogP contribution >= 0.6 is 11.6 Å². The van der Waals surface area contributed by atoms with Crippen molar-refractivity contribution >= 4 is 11.6 Å². The molecule has 1 rings (SSSR count). The van der Waals surface area contributed by atoms with Gasteiger partial charge in [0, 0.05) is 12.4 Å². The maximum Gasteiger partial charge on any atom is 0.123 e. The second-order valence-electron chi connectivity index (χ2n) is 3.55. The summed E-state index contributed by atoms with van der Waals surface area (Å²) in [5, 5.41) is 3.31. The molecule has 0 spiro atoms. The van der Waals surface area contributed by atoms with Crippen LogP contribution in [0.4, 0.5) is 4.39 Å². The van der Waals surface area contributed by atoms with Crippen LogP contribution in [0.15, 0.2) is 24.3 Å². The highest BCUT2D eigenvalue weighted by molar-refractivity contribution is 6.17. The fraction of sp³-hybridized carbons (Fsp3) is 0.500. The molecule has 0 aliphatic carbocycles. The summed E-state index contributed by atoms with van der Waals surface area (Å²) in [6, 6.07) is 6.59. The van der Waals surface area contributed by atoms with Crippen LogP contribution in [0.5, 0.6) is 0 Å². The molecule has 0 aliphatic heterocycles. The highest BCUT2D eigenvalue weighted by atomic mass is 35.5. The highest BCUT2D eigenvalue weighted by Crippen LogP contribution is 2.02. The molecule has 3 heteroatoms. The molecule has 0 bridgehead atoms. The number of hydrogen-bond acceptors (Lipinski definition) is 1. The zero-order chi connectivity index (χ0) is 10.9. The van der Waals surface area contributed by atoms with Crippen molar-refractivity contribution in [3.05, 3.63) is 35.6 Å². The Labute approximate surface area is 95.6 Å². The van der Waals surface area contributed by atoms with Crippen LogP contribution in [-0.4, -0.2) is 12.4 Å². The summed E-state index contributed by atoms with van der Waals surface area (Å²) in [5.41, 5.74) is 1.12. The molecule has 0 aliphatic rings. The van der Waals surface area contributed by atoms with Crippen LogP contribution in [0.1, 0.15) is 24.8 Å². The van der Waals surface area contributed by atoms with E-state index in [9.17, 15) is 4.39 Å². The molecule has 0 fully saturated rings. The van der Waals surface area contributed by atoms with Crippen LogP contribution in [0.3, 0.4) is 0 Å². The Hall–Kier alpha value is -0.600. The second kappa shape index (κ2) is 7.66. The average molecular weight is 230 g/mol. The molecule has 0 atom stereocenters. The number of benzene rings is 1. The summed E-state index contributed by atoms with van der Waals surface area (Å²) in [6.45, 7) is 1.80. The fourth-order valence-corrected chi connectivity index (χ4v) is 1.55. The standard InChI is InChI=1S/C12H17ClFN/c13-8-2-1-3-9-15-10-11-4-6-12(14)7-5-11/h4-7,15H,1-3,8-10H2. The molecule has 1 aromatic rings. The van der Waals surface area contributed by atoms with Gasteiger partial charge in [-0.15, -0.1) is 11.6 Å². The molecular formula is C12H17ClFN. The Morgan fingerprint density at radius 2 is 1.80 bits per heavy atom. The smallest absolute Gasteiger partial charge is 0.123 e. The SMILES string of the molecule is Fc1ccc(CNCCCCCCl)cc1. The van der Waals surface area contributed by atoms with Gasteiger partial charge in [-0.1, -0.05) is 18.6 Å². The Morgan fingerprint density at radius 1 is 1.07 bits per heavy atom. The molecule has 15 heavy (non-hydrogen) atoms. The van der Waals surface area contributed by atoms with Crippen LogP contribution in [0.2, 0.25) is 0 Å². The minimum absolute atomic E-state index is 0.180. The van der Waals surface area contributed by atoms with Gasteiger partial charge in [-0.25, -0.2) is 4.39 Å². The summed E-state index contributed by atoms with van der Waals surface area (Å²) >= 11 is 5.57. The van der Waals surface area contributed by atoms with E-state index in [0.717, 1.165) is 37.4 Å². The lowest BCUT2D eigenvalue weighted by Crippen LogP contribution is -2.14. The lowest BCUT2D eigenvalue weighted by atomic mass is 10.2. The number of halogens is 2. The normalized spacial score (nSPS) is 10.5. The molecule has 0 radical (unpaired) electrons. The van der Waals surface area contributed by atoms with Gasteiger partial charge in [-0.05, 0) is 37.1 Å². The first-order valence-electron chi connectivity index (χ1n) is 5.34. The van der Waals surface area contributed by atoms with Crippen molar-refractivity contribution < 1.29 is 4.39 Å². The first-order valence-corrected chi connectivity index (χ1v) is 5.87. The minimum Gasteiger partial charge on any atom is -0.313 e. The predicted molar refractivity (Wildman–Crippen MR) is 62.7 cm³/mol. The molecule has 0 aromatic heterocycles. The zero-order valence-corrected chi connectivity index (χ0v) is 9.56. The van der Waals surface area contributed by atoms with Crippen LogP contribution in [0.25, 0.3) is 0 Å². The van der Waals surface area contributed by atoms with Crippen molar-refractivity contribution in [3.8, 4) is 0 Å². The van der Waals surface area contributed by atoms with Gasteiger partial charge in [-0.3, -0.25) is 0 Å². The van der Waals surface area contributed by atoms with E-state index in [0.29, 0.717) is 0 Å². The molecule has 0 amide bonds. The van der Waals surface area contributed by atoms with Crippen LogP contribution in [-0.2, 0) is 6.54 Å². The van der Waals surface area contributed by atoms with Gasteiger partial charge in [0.05, 0.1) is 0 Å². The fourth-order valence-electron chi connectivity index (χ4n) is 1.36. The molecule has 84 valence electrons. The molecule has 0 unspecified atom stereocenters. The third-order valence-corrected chi connectivity index (χ3v) is 2.50. The van der Waals surface area contributed by atoms with Gasteiger partial charge in [0.2, 0.25) is 0 Å². The molecule has 1 aromatic carbocycles. The van der Waals surface area contributed by atoms with Gasteiger partial charge < -0.3 is 5.32 Å². The molecule has 1 nitrogen and oxygen atoms in total. The van der Waals surface area contributed by atoms with E-state index < -0.39 is 0 Å². The first-order chi connectivity index (χ1) is 7.33. The summed E-state index contributed by atoms with van der Waals surface area (Å²) in [5.74, 6) is 0.568. The monoisotopic (exact) mass is 229 g/mol. The third-order valence-electron chi connectivity index (χ3n) is 2.23. The van der Waals surface area contributed by atoms with Crippen molar-refractivity contribution in [1.82, 2.24) is 5.32 Å². The van der Waals surface area contributed by atoms with Crippen molar-refractivity contribution in [2.24, 2.45) is 0 Å². The Balaban J connectivity index is 2.07. The van der Waals surface area contributed by atoms with E-state index in [2.05, 4.69) is 5.32 Å². The summed E-state index contributed by atoms with van der Waals surface area (Å²) in [4.78, 5) is 0. The van der Waals surface area contributed by atoms with Gasteiger partial charge in [0.25, 0.3) is 0 Å². The van der Waals surface area contributed by atoms with E-state index in [1.807, 2.05) is 0 Å². The number of hydrogen-bond donors (Lipinski definition) is 1. The number of rotatable bonds is 7. The lowest BCUT2D eigenvalue weighted by molar-refractivity contribution is 0.612. The van der Waals surface area contributed by atoms with Crippen LogP contribution < -0.4 is 5.32 Å². The maximum atomic E-state index is 12.6. The predicted octanol–water partition coefficient (Wildman–Crippen LogP) is 3.32. The van der Waals surface area contributed by atoms with E-state index in [1.165, 1.54) is 18.6 Å². The average Bonchev–Trinajstić information content (AvgIpc) is 2.26. The first kappa shape index (κ1) is 12.5. The van der Waals surface area contributed by atoms with Gasteiger partial charge in [0.1, 0.15) is 5.82 Å². The van der Waals surface area contributed by atoms with Crippen molar-refractivity contribution in [3.63, 3.8) is 0 Å². The Bertz CT molecular complexity index is 261. The van der Waals surface area contributed by atoms with E-state index in [1.54, 1.807) is 12.1 Å². The molecule has 0 saturated heterocycles. The zero-order valence-electron chi connectivity index (χ0n) is 8.81. The van der Waals surface area contributed by atoms with Crippen molar-refractivity contribution in [2.45, 2.75) is 25.8 Å². The lowest BCUT2D eigenvalue weighted by Gasteiger charge is -2.04. The van der Waals surface area contributed by atoms with E-state index in [-0.39, 0.29) is 5.82 Å². The van der Waals surface area contributed by atoms with E-state index >= 15 is 0 Å². The Morgan fingerprint density at radius 3 is 2.47 bits per heavy atom. The number of unbranched alkanes of at least 4 members (excludes halogenated alkanes) is 2. The summed E-state index contributed by atoms with van der Waals surface area (Å²) in [6.07, 6.45) is 3.40. The molecule has 0 saturated carbocycles. The number of nitrogens with one attached hydrogen (secondary N) is 1. The van der Waals surface area contributed by atoms with Crippen LogP contribution in [0, 0.1) is 5.82 Å². The minimum atomic E-state index is -0.180. The molecule has 0 heterocycles.